The van der Waals surface area contributed by atoms with E-state index in [-0.39, 0.29) is 29.9 Å². The number of carbonyl (C=O) groups excluding carboxylic acids is 1. The fourth-order valence-corrected chi connectivity index (χ4v) is 3.96. The minimum absolute atomic E-state index is 0.0361. The van der Waals surface area contributed by atoms with Crippen LogP contribution in [0.25, 0.3) is 0 Å². The quantitative estimate of drug-likeness (QED) is 0.389. The summed E-state index contributed by atoms with van der Waals surface area (Å²) < 4.78 is 13.0. The minimum atomic E-state index is -2.18. The molecule has 3 N–H and O–H groups in total. The summed E-state index contributed by atoms with van der Waals surface area (Å²) >= 11 is 0. The molecule has 4 atom stereocenters. The van der Waals surface area contributed by atoms with Crippen molar-refractivity contribution in [3.05, 3.63) is 22.7 Å². The van der Waals surface area contributed by atoms with Crippen molar-refractivity contribution < 1.29 is 24.2 Å². The highest BCUT2D eigenvalue weighted by Crippen LogP contribution is 2.40. The van der Waals surface area contributed by atoms with Crippen molar-refractivity contribution in [2.75, 3.05) is 32.6 Å². The summed E-state index contributed by atoms with van der Waals surface area (Å²) in [7, 11) is 1.29. The Morgan fingerprint density at radius 3 is 2.59 bits per heavy atom. The van der Waals surface area contributed by atoms with Gasteiger partial charge in [0.05, 0.1) is 13.2 Å². The number of amides is 1. The Balaban J connectivity index is 2.23. The van der Waals surface area contributed by atoms with Crippen molar-refractivity contribution in [3.63, 3.8) is 0 Å². The lowest BCUT2D eigenvalue weighted by Crippen LogP contribution is -2.51. The van der Waals surface area contributed by atoms with Gasteiger partial charge >= 0.3 is 5.69 Å². The third-order valence-corrected chi connectivity index (χ3v) is 10.5. The second-order valence-electron chi connectivity index (χ2n) is 9.79. The second kappa shape index (κ2) is 9.42. The van der Waals surface area contributed by atoms with Crippen molar-refractivity contribution in [2.45, 2.75) is 62.9 Å². The smallest absolute Gasteiger partial charge is 0.351 e. The van der Waals surface area contributed by atoms with Crippen LogP contribution in [0.15, 0.2) is 17.1 Å². The van der Waals surface area contributed by atoms with Gasteiger partial charge in [0.25, 0.3) is 0 Å². The molecule has 0 bridgehead atoms. The van der Waals surface area contributed by atoms with Crippen molar-refractivity contribution >= 4 is 20.0 Å². The molecule has 1 aromatic heterocycles. The Labute approximate surface area is 189 Å². The number of nitrogens with one attached hydrogen (secondary N) is 1. The third kappa shape index (κ3) is 5.45. The first-order valence-corrected chi connectivity index (χ1v) is 13.2. The van der Waals surface area contributed by atoms with Crippen LogP contribution in [0, 0.1) is 12.3 Å². The number of hydrogen-bond donors (Lipinski definition) is 3. The summed E-state index contributed by atoms with van der Waals surface area (Å²) in [6, 6.07) is 1.40. The highest BCUT2D eigenvalue weighted by atomic mass is 28.4. The maximum absolute atomic E-state index is 12.6. The topological polar surface area (TPSA) is 126 Å². The maximum atomic E-state index is 12.6. The van der Waals surface area contributed by atoms with Crippen LogP contribution in [0.1, 0.15) is 27.0 Å². The SMILES string of the molecule is C#C[C@@]1(O)[C@@H](CO[Si](C)(C)C(C)(C)C)O[C@@H](n2ccc(NC(=O)CN(C)C)nc2=O)[C@@H]1O. The van der Waals surface area contributed by atoms with Gasteiger partial charge in [-0.15, -0.1) is 6.42 Å². The molecule has 0 spiro atoms. The fraction of sp³-hybridized carbons (Fsp3) is 0.667. The molecule has 0 unspecified atom stereocenters. The Bertz CT molecular complexity index is 935. The Kier molecular flexibility index (Phi) is 7.71. The van der Waals surface area contributed by atoms with Gasteiger partial charge in [0.1, 0.15) is 18.0 Å². The van der Waals surface area contributed by atoms with Gasteiger partial charge in [0.2, 0.25) is 5.91 Å². The maximum Gasteiger partial charge on any atom is 0.351 e. The van der Waals surface area contributed by atoms with Crippen LogP contribution in [0.2, 0.25) is 18.1 Å². The van der Waals surface area contributed by atoms with Crippen LogP contribution in [0.3, 0.4) is 0 Å². The van der Waals surface area contributed by atoms with E-state index < -0.39 is 38.0 Å². The first kappa shape index (κ1) is 26.2. The molecule has 1 aromatic rings. The predicted octanol–water partition coefficient (Wildman–Crippen LogP) is 0.388. The standard InChI is InChI=1S/C21H34N4O6Si/c1-9-21(29)14(13-30-32(7,8)20(2,3)4)31-18(17(21)27)25-11-10-15(23-19(25)28)22-16(26)12-24(5)6/h1,10-11,14,17-18,27,29H,12-13H2,2-8H3,(H,22,23,26,28)/t14-,17+,18-,21-/m1/s1. The largest absolute Gasteiger partial charge is 0.414 e. The van der Waals surface area contributed by atoms with E-state index in [0.717, 1.165) is 4.57 Å². The van der Waals surface area contributed by atoms with E-state index in [1.165, 1.54) is 12.3 Å². The van der Waals surface area contributed by atoms with E-state index in [1.807, 2.05) is 13.1 Å². The lowest BCUT2D eigenvalue weighted by Gasteiger charge is -2.37. The van der Waals surface area contributed by atoms with Gasteiger partial charge in [0.15, 0.2) is 20.1 Å². The minimum Gasteiger partial charge on any atom is -0.414 e. The third-order valence-electron chi connectivity index (χ3n) is 5.98. The molecule has 11 heteroatoms. The molecule has 32 heavy (non-hydrogen) atoms. The monoisotopic (exact) mass is 466 g/mol. The van der Waals surface area contributed by atoms with E-state index in [1.54, 1.807) is 19.0 Å². The van der Waals surface area contributed by atoms with Gasteiger partial charge in [-0.2, -0.15) is 4.98 Å². The number of hydrogen-bond acceptors (Lipinski definition) is 8. The zero-order valence-electron chi connectivity index (χ0n) is 19.7. The molecular formula is C21H34N4O6Si. The molecule has 0 radical (unpaired) electrons. The van der Waals surface area contributed by atoms with Crippen molar-refractivity contribution in [2.24, 2.45) is 0 Å². The van der Waals surface area contributed by atoms with Gasteiger partial charge < -0.3 is 29.6 Å². The Morgan fingerprint density at radius 2 is 2.09 bits per heavy atom. The number of likely N-dealkylation sites (N-methyl/N-ethyl adjacent to an activating group) is 1. The number of aliphatic hydroxyl groups excluding tert-OH is 1. The van der Waals surface area contributed by atoms with E-state index in [9.17, 15) is 19.8 Å². The lowest BCUT2D eigenvalue weighted by atomic mass is 9.93. The lowest BCUT2D eigenvalue weighted by molar-refractivity contribution is -0.116. The number of terminal acetylenes is 1. The molecule has 2 heterocycles. The van der Waals surface area contributed by atoms with Crippen LogP contribution >= 0.6 is 0 Å². The van der Waals surface area contributed by atoms with E-state index in [4.69, 9.17) is 15.6 Å². The van der Waals surface area contributed by atoms with Crippen molar-refractivity contribution in [1.82, 2.24) is 14.5 Å². The molecule has 1 amide bonds. The van der Waals surface area contributed by atoms with Crippen LogP contribution in [-0.4, -0.2) is 83.9 Å². The summed E-state index contributed by atoms with van der Waals surface area (Å²) in [5.41, 5.74) is -2.83. The predicted molar refractivity (Wildman–Crippen MR) is 123 cm³/mol. The molecule has 2 rings (SSSR count). The molecule has 1 aliphatic heterocycles. The normalized spacial score (nSPS) is 26.2. The van der Waals surface area contributed by atoms with Gasteiger partial charge in [-0.3, -0.25) is 9.36 Å². The number of rotatable bonds is 7. The molecular weight excluding hydrogens is 432 g/mol. The van der Waals surface area contributed by atoms with Gasteiger partial charge in [0, 0.05) is 6.20 Å². The van der Waals surface area contributed by atoms with E-state index >= 15 is 0 Å². The van der Waals surface area contributed by atoms with Crippen LogP contribution in [0.5, 0.6) is 0 Å². The number of ether oxygens (including phenoxy) is 1. The number of anilines is 1. The first-order valence-electron chi connectivity index (χ1n) is 10.3. The summed E-state index contributed by atoms with van der Waals surface area (Å²) in [5.74, 6) is 1.94. The second-order valence-corrected chi connectivity index (χ2v) is 14.6. The highest BCUT2D eigenvalue weighted by Gasteiger charge is 2.56. The van der Waals surface area contributed by atoms with Crippen LogP contribution in [-0.2, 0) is 14.0 Å². The number of carbonyl (C=O) groups is 1. The molecule has 10 nitrogen and oxygen atoms in total. The molecule has 1 fully saturated rings. The van der Waals surface area contributed by atoms with Crippen molar-refractivity contribution in [1.29, 1.82) is 0 Å². The van der Waals surface area contributed by atoms with Crippen LogP contribution in [0.4, 0.5) is 5.82 Å². The van der Waals surface area contributed by atoms with Gasteiger partial charge in [-0.05, 0) is 38.3 Å². The number of aliphatic hydroxyl groups is 2. The highest BCUT2D eigenvalue weighted by molar-refractivity contribution is 6.74. The van der Waals surface area contributed by atoms with Crippen LogP contribution < -0.4 is 11.0 Å². The molecule has 0 aliphatic carbocycles. The summed E-state index contributed by atoms with van der Waals surface area (Å²) in [6.45, 7) is 10.4. The molecule has 178 valence electrons. The average molecular weight is 467 g/mol. The van der Waals surface area contributed by atoms with Crippen molar-refractivity contribution in [3.8, 4) is 12.3 Å². The van der Waals surface area contributed by atoms with E-state index in [0.29, 0.717) is 0 Å². The van der Waals surface area contributed by atoms with Gasteiger partial charge in [-0.1, -0.05) is 26.7 Å². The molecule has 1 saturated heterocycles. The fourth-order valence-electron chi connectivity index (χ4n) is 2.96. The zero-order chi connectivity index (χ0) is 24.5. The average Bonchev–Trinajstić information content (AvgIpc) is 2.90. The summed E-state index contributed by atoms with van der Waals surface area (Å²) in [6.07, 6.45) is 2.95. The summed E-state index contributed by atoms with van der Waals surface area (Å²) in [5, 5.41) is 24.1. The Morgan fingerprint density at radius 1 is 1.47 bits per heavy atom. The van der Waals surface area contributed by atoms with E-state index in [2.05, 4.69) is 37.0 Å². The Hall–Kier alpha value is -2.07. The molecule has 0 aromatic carbocycles. The summed E-state index contributed by atoms with van der Waals surface area (Å²) in [4.78, 5) is 30.0. The molecule has 0 saturated carbocycles. The molecule has 1 aliphatic rings. The zero-order valence-corrected chi connectivity index (χ0v) is 20.7. The number of nitrogens with zero attached hydrogens (tertiary/aromatic N) is 3. The van der Waals surface area contributed by atoms with Gasteiger partial charge in [-0.25, -0.2) is 4.79 Å². The first-order chi connectivity index (χ1) is 14.6. The number of aromatic nitrogens is 2.